The van der Waals surface area contributed by atoms with Crippen LogP contribution in [0.3, 0.4) is 0 Å². The Kier molecular flexibility index (Phi) is 8.50. The van der Waals surface area contributed by atoms with E-state index >= 15 is 0 Å². The van der Waals surface area contributed by atoms with Crippen molar-refractivity contribution in [3.8, 4) is 5.75 Å². The summed E-state index contributed by atoms with van der Waals surface area (Å²) in [5, 5.41) is 2.60. The Morgan fingerprint density at radius 3 is 1.95 bits per heavy atom. The third-order valence-corrected chi connectivity index (χ3v) is 9.27. The molecule has 0 aliphatic heterocycles. The fraction of sp³-hybridized carbons (Fsp3) is 0.107. The van der Waals surface area contributed by atoms with Crippen LogP contribution < -0.4 is 19.1 Å². The zero-order chi connectivity index (χ0) is 30.7. The average Bonchev–Trinajstić information content (AvgIpc) is 2.96. The molecule has 0 atom stereocenters. The van der Waals surface area contributed by atoms with Crippen LogP contribution in [0.25, 0.3) is 0 Å². The summed E-state index contributed by atoms with van der Waals surface area (Å²) in [4.78, 5) is 12.6. The number of nitrogens with one attached hydrogen (secondary N) is 2. The highest BCUT2D eigenvalue weighted by molar-refractivity contribution is 7.93. The average molecular weight is 620 g/mol. The Labute approximate surface area is 240 Å². The maximum atomic E-state index is 13.0. The normalized spacial score (nSPS) is 11.9. The summed E-state index contributed by atoms with van der Waals surface area (Å²) in [5.74, 6) is -0.0325. The zero-order valence-corrected chi connectivity index (χ0v) is 23.7. The molecule has 42 heavy (non-hydrogen) atoms. The number of hydrogen-bond acceptors (Lipinski definition) is 6. The summed E-state index contributed by atoms with van der Waals surface area (Å²) in [6.45, 7) is 0. The van der Waals surface area contributed by atoms with Gasteiger partial charge in [0.1, 0.15) is 5.75 Å². The van der Waals surface area contributed by atoms with E-state index in [1.165, 1.54) is 93.0 Å². The minimum atomic E-state index is -4.63. The highest BCUT2D eigenvalue weighted by Gasteiger charge is 2.31. The lowest BCUT2D eigenvalue weighted by atomic mass is 10.2. The molecule has 4 aromatic rings. The second kappa shape index (κ2) is 11.7. The van der Waals surface area contributed by atoms with Crippen molar-refractivity contribution in [1.29, 1.82) is 0 Å². The van der Waals surface area contributed by atoms with Gasteiger partial charge in [-0.15, -0.1) is 0 Å². The van der Waals surface area contributed by atoms with E-state index in [9.17, 15) is 34.8 Å². The molecule has 9 nitrogen and oxygen atoms in total. The molecule has 0 bridgehead atoms. The van der Waals surface area contributed by atoms with E-state index in [-0.39, 0.29) is 26.7 Å². The monoisotopic (exact) mass is 619 g/mol. The quantitative estimate of drug-likeness (QED) is 0.252. The molecule has 0 aliphatic rings. The number of carbonyl (C=O) groups excluding carboxylic acids is 1. The van der Waals surface area contributed by atoms with Crippen LogP contribution in [-0.2, 0) is 26.2 Å². The van der Waals surface area contributed by atoms with E-state index in [0.29, 0.717) is 17.5 Å². The predicted octanol–water partition coefficient (Wildman–Crippen LogP) is 5.59. The molecule has 0 spiro atoms. The Morgan fingerprint density at radius 2 is 1.38 bits per heavy atom. The number of methoxy groups -OCH3 is 1. The van der Waals surface area contributed by atoms with Crippen molar-refractivity contribution in [3.63, 3.8) is 0 Å². The second-order valence-electron chi connectivity index (χ2n) is 8.86. The van der Waals surface area contributed by atoms with Crippen LogP contribution in [0, 0.1) is 0 Å². The first-order chi connectivity index (χ1) is 19.7. The number of benzene rings is 4. The fourth-order valence-corrected chi connectivity index (χ4v) is 6.01. The fourth-order valence-electron chi connectivity index (χ4n) is 3.76. The van der Waals surface area contributed by atoms with Crippen molar-refractivity contribution < 1.29 is 39.5 Å². The number of hydrogen-bond donors (Lipinski definition) is 2. The minimum Gasteiger partial charge on any atom is -0.497 e. The van der Waals surface area contributed by atoms with E-state index < -0.39 is 37.7 Å². The molecule has 4 rings (SSSR count). The van der Waals surface area contributed by atoms with Crippen molar-refractivity contribution in [2.24, 2.45) is 0 Å². The number of nitrogens with zero attached hydrogens (tertiary/aromatic N) is 1. The Bertz CT molecular complexity index is 1790. The van der Waals surface area contributed by atoms with E-state index in [2.05, 4.69) is 10.0 Å². The largest absolute Gasteiger partial charge is 0.497 e. The van der Waals surface area contributed by atoms with Crippen LogP contribution in [0.5, 0.6) is 5.75 Å². The number of sulfonamides is 2. The summed E-state index contributed by atoms with van der Waals surface area (Å²) in [6, 6.07) is 20.5. The molecule has 0 unspecified atom stereocenters. The topological polar surface area (TPSA) is 122 Å². The van der Waals surface area contributed by atoms with E-state index in [4.69, 9.17) is 4.74 Å². The van der Waals surface area contributed by atoms with Gasteiger partial charge in [0.2, 0.25) is 0 Å². The number of halogens is 3. The van der Waals surface area contributed by atoms with Crippen LogP contribution in [-0.4, -0.2) is 36.9 Å². The lowest BCUT2D eigenvalue weighted by Crippen LogP contribution is -2.26. The summed E-state index contributed by atoms with van der Waals surface area (Å²) >= 11 is 0. The van der Waals surface area contributed by atoms with Crippen molar-refractivity contribution in [2.75, 3.05) is 28.5 Å². The van der Waals surface area contributed by atoms with Gasteiger partial charge in [0.15, 0.2) is 0 Å². The number of ether oxygens (including phenoxy) is 1. The first-order valence-corrected chi connectivity index (χ1v) is 15.0. The number of alkyl halides is 3. The van der Waals surface area contributed by atoms with Gasteiger partial charge in [-0.3, -0.25) is 13.8 Å². The van der Waals surface area contributed by atoms with Crippen LogP contribution in [0.15, 0.2) is 107 Å². The van der Waals surface area contributed by atoms with Gasteiger partial charge >= 0.3 is 6.18 Å². The highest BCUT2D eigenvalue weighted by atomic mass is 32.2. The van der Waals surface area contributed by atoms with Crippen molar-refractivity contribution in [3.05, 3.63) is 108 Å². The number of carbonyl (C=O) groups is 1. The van der Waals surface area contributed by atoms with Crippen molar-refractivity contribution >= 4 is 43.0 Å². The molecule has 0 saturated carbocycles. The molecule has 14 heteroatoms. The third kappa shape index (κ3) is 6.83. The minimum absolute atomic E-state index is 0.0584. The van der Waals surface area contributed by atoms with Gasteiger partial charge < -0.3 is 10.1 Å². The zero-order valence-electron chi connectivity index (χ0n) is 22.1. The van der Waals surface area contributed by atoms with Gasteiger partial charge in [0.25, 0.3) is 26.0 Å². The predicted molar refractivity (Wildman–Crippen MR) is 152 cm³/mol. The molecule has 0 aliphatic carbocycles. The molecule has 0 saturated heterocycles. The van der Waals surface area contributed by atoms with Gasteiger partial charge in [-0.05, 0) is 91.0 Å². The van der Waals surface area contributed by atoms with Gasteiger partial charge in [0.05, 0.1) is 28.2 Å². The van der Waals surface area contributed by atoms with Crippen molar-refractivity contribution in [1.82, 2.24) is 0 Å². The molecule has 0 aromatic heterocycles. The number of rotatable bonds is 9. The Morgan fingerprint density at radius 1 is 0.786 bits per heavy atom. The van der Waals surface area contributed by atoms with Crippen LogP contribution >= 0.6 is 0 Å². The standard InChI is InChI=1S/C28H24F3N3O6S2/c1-34(42(38,39)26-16-12-24(40-2)13-17-26)23-10-6-19(7-11-23)27(35)32-21-8-14-25(15-9-21)41(36,37)33-22-5-3-4-20(18-22)28(29,30)31/h3-18,33H,1-2H3,(H,32,35). The third-order valence-electron chi connectivity index (χ3n) is 6.08. The summed E-state index contributed by atoms with van der Waals surface area (Å²) in [5.41, 5.74) is -0.490. The number of anilines is 3. The summed E-state index contributed by atoms with van der Waals surface area (Å²) in [7, 11) is -5.23. The lowest BCUT2D eigenvalue weighted by Gasteiger charge is -2.20. The molecule has 1 amide bonds. The molecule has 0 fully saturated rings. The molecule has 0 heterocycles. The van der Waals surface area contributed by atoms with E-state index in [1.54, 1.807) is 0 Å². The Balaban J connectivity index is 1.42. The molecular weight excluding hydrogens is 595 g/mol. The van der Waals surface area contributed by atoms with E-state index in [1.807, 2.05) is 0 Å². The SMILES string of the molecule is COc1ccc(S(=O)(=O)N(C)c2ccc(C(=O)Nc3ccc(S(=O)(=O)Nc4cccc(C(F)(F)F)c4)cc3)cc2)cc1. The van der Waals surface area contributed by atoms with Crippen LogP contribution in [0.2, 0.25) is 0 Å². The molecule has 2 N–H and O–H groups in total. The first-order valence-electron chi connectivity index (χ1n) is 12.1. The highest BCUT2D eigenvalue weighted by Crippen LogP contribution is 2.31. The molecular formula is C28H24F3N3O6S2. The molecule has 220 valence electrons. The lowest BCUT2D eigenvalue weighted by molar-refractivity contribution is -0.137. The van der Waals surface area contributed by atoms with Gasteiger partial charge in [0, 0.05) is 24.0 Å². The maximum absolute atomic E-state index is 13.0. The Hall–Kier alpha value is -4.56. The van der Waals surface area contributed by atoms with Gasteiger partial charge in [-0.25, -0.2) is 16.8 Å². The van der Waals surface area contributed by atoms with Gasteiger partial charge in [-0.2, -0.15) is 13.2 Å². The smallest absolute Gasteiger partial charge is 0.416 e. The first kappa shape index (κ1) is 30.4. The maximum Gasteiger partial charge on any atom is 0.416 e. The molecule has 0 radical (unpaired) electrons. The second-order valence-corrected chi connectivity index (χ2v) is 12.5. The van der Waals surface area contributed by atoms with E-state index in [0.717, 1.165) is 16.4 Å². The number of amides is 1. The van der Waals surface area contributed by atoms with Crippen LogP contribution in [0.1, 0.15) is 15.9 Å². The van der Waals surface area contributed by atoms with Gasteiger partial charge in [-0.1, -0.05) is 6.07 Å². The van der Waals surface area contributed by atoms with Crippen LogP contribution in [0.4, 0.5) is 30.2 Å². The summed E-state index contributed by atoms with van der Waals surface area (Å²) < 4.78 is 98.3. The summed E-state index contributed by atoms with van der Waals surface area (Å²) in [6.07, 6.45) is -4.63. The van der Waals surface area contributed by atoms with Crippen molar-refractivity contribution in [2.45, 2.75) is 16.0 Å². The molecule has 4 aromatic carbocycles.